The zero-order valence-electron chi connectivity index (χ0n) is 19.1. The van der Waals surface area contributed by atoms with Crippen molar-refractivity contribution in [1.82, 2.24) is 15.0 Å². The van der Waals surface area contributed by atoms with E-state index in [1.54, 1.807) is 13.1 Å². The number of methoxy groups -OCH3 is 1. The van der Waals surface area contributed by atoms with E-state index in [9.17, 15) is 10.1 Å². The largest absolute Gasteiger partial charge is 0.467 e. The summed E-state index contributed by atoms with van der Waals surface area (Å²) >= 11 is 6.87. The number of pyridine rings is 1. The van der Waals surface area contributed by atoms with E-state index in [1.165, 1.54) is 7.11 Å². The van der Waals surface area contributed by atoms with Crippen LogP contribution in [0.15, 0.2) is 44.4 Å². The fourth-order valence-corrected chi connectivity index (χ4v) is 4.13. The van der Waals surface area contributed by atoms with Crippen molar-refractivity contribution >= 4 is 44.0 Å². The lowest BCUT2D eigenvalue weighted by Crippen LogP contribution is -2.25. The summed E-state index contributed by atoms with van der Waals surface area (Å²) < 4.78 is 14.5. The van der Waals surface area contributed by atoms with Crippen molar-refractivity contribution in [3.8, 4) is 17.6 Å². The summed E-state index contributed by atoms with van der Waals surface area (Å²) in [5, 5.41) is 13.6. The average Bonchev–Trinajstić information content (AvgIpc) is 3.09. The normalized spacial score (nSPS) is 11.0. The minimum atomic E-state index is -0.475. The van der Waals surface area contributed by atoms with E-state index in [4.69, 9.17) is 9.47 Å². The summed E-state index contributed by atoms with van der Waals surface area (Å²) in [6, 6.07) is 12.1. The summed E-state index contributed by atoms with van der Waals surface area (Å²) in [6.45, 7) is 5.63. The summed E-state index contributed by atoms with van der Waals surface area (Å²) in [6.07, 6.45) is 1.59. The minimum absolute atomic E-state index is 0.0763. The molecule has 0 aliphatic carbocycles. The van der Waals surface area contributed by atoms with Crippen molar-refractivity contribution in [2.45, 2.75) is 27.4 Å². The van der Waals surface area contributed by atoms with Crippen LogP contribution in [0.5, 0.6) is 5.88 Å². The maximum atomic E-state index is 12.3. The molecule has 0 unspecified atom stereocenters. The number of carbonyl (C=O) groups excluding carboxylic acids is 1. The molecule has 0 atom stereocenters. The lowest BCUT2D eigenvalue weighted by atomic mass is 10.1. The number of halogens is 2. The Balaban J connectivity index is 1.68. The van der Waals surface area contributed by atoms with Crippen molar-refractivity contribution in [2.24, 2.45) is 5.10 Å². The summed E-state index contributed by atoms with van der Waals surface area (Å²) in [7, 11) is 1.53. The van der Waals surface area contributed by atoms with Crippen molar-refractivity contribution in [2.75, 3.05) is 13.7 Å². The number of benzene rings is 1. The molecule has 2 heterocycles. The van der Waals surface area contributed by atoms with Gasteiger partial charge in [0.15, 0.2) is 6.61 Å². The Morgan fingerprint density at radius 2 is 1.97 bits per heavy atom. The van der Waals surface area contributed by atoms with Crippen LogP contribution in [-0.2, 0) is 16.1 Å². The lowest BCUT2D eigenvalue weighted by Gasteiger charge is -2.13. The fraction of sp³-hybridized carbons (Fsp3) is 0.250. The SMILES string of the molecule is COCc1c(Br)c(C)nc(OCC(=O)N/N=C/c2cc(C)n(-c3ccc(Br)cc3)c2C)c1C#N. The molecule has 3 rings (SSSR count). The number of nitriles is 1. The lowest BCUT2D eigenvalue weighted by molar-refractivity contribution is -0.123. The number of nitrogens with one attached hydrogen (secondary N) is 1. The molecule has 0 aliphatic heterocycles. The van der Waals surface area contributed by atoms with Crippen LogP contribution >= 0.6 is 31.9 Å². The second-order valence-corrected chi connectivity index (χ2v) is 9.14. The number of hydrogen-bond donors (Lipinski definition) is 1. The molecule has 2 aromatic heterocycles. The number of aryl methyl sites for hydroxylation is 2. The van der Waals surface area contributed by atoms with Crippen LogP contribution in [0.2, 0.25) is 0 Å². The molecular weight excluding hydrogens is 566 g/mol. The van der Waals surface area contributed by atoms with E-state index in [0.717, 1.165) is 27.1 Å². The predicted molar refractivity (Wildman–Crippen MR) is 136 cm³/mol. The number of hydrogen-bond acceptors (Lipinski definition) is 6. The highest BCUT2D eigenvalue weighted by molar-refractivity contribution is 9.10. The van der Waals surface area contributed by atoms with Crippen LogP contribution < -0.4 is 10.2 Å². The van der Waals surface area contributed by atoms with Crippen LogP contribution in [0.25, 0.3) is 5.69 Å². The van der Waals surface area contributed by atoms with Gasteiger partial charge in [0.1, 0.15) is 11.6 Å². The molecule has 0 saturated heterocycles. The van der Waals surface area contributed by atoms with Crippen LogP contribution in [0.1, 0.15) is 33.8 Å². The molecular formula is C24H23Br2N5O3. The Labute approximate surface area is 214 Å². The maximum absolute atomic E-state index is 12.3. The monoisotopic (exact) mass is 587 g/mol. The molecule has 1 amide bonds. The van der Waals surface area contributed by atoms with Crippen molar-refractivity contribution in [3.05, 3.63) is 73.0 Å². The molecule has 0 fully saturated rings. The van der Waals surface area contributed by atoms with Gasteiger partial charge in [0.25, 0.3) is 5.91 Å². The van der Waals surface area contributed by atoms with Gasteiger partial charge < -0.3 is 14.0 Å². The standard InChI is InChI=1S/C24H23Br2N5O3/c1-14-9-17(16(3)31(14)19-7-5-18(25)6-8-19)11-28-30-22(32)13-34-24-20(10-27)21(12-33-4)23(26)15(2)29-24/h5-9,11H,12-13H2,1-4H3,(H,30,32)/b28-11+. The Morgan fingerprint density at radius 3 is 2.62 bits per heavy atom. The maximum Gasteiger partial charge on any atom is 0.278 e. The molecule has 0 spiro atoms. The van der Waals surface area contributed by atoms with E-state index in [0.29, 0.717) is 15.7 Å². The first-order chi connectivity index (χ1) is 16.3. The number of carbonyl (C=O) groups is 1. The van der Waals surface area contributed by atoms with Crippen LogP contribution in [-0.4, -0.2) is 35.4 Å². The summed E-state index contributed by atoms with van der Waals surface area (Å²) in [5.41, 5.74) is 7.87. The first-order valence-electron chi connectivity index (χ1n) is 10.2. The van der Waals surface area contributed by atoms with Gasteiger partial charge in [-0.25, -0.2) is 10.4 Å². The minimum Gasteiger partial charge on any atom is -0.467 e. The first kappa shape index (κ1) is 25.6. The van der Waals surface area contributed by atoms with Crippen LogP contribution in [0.3, 0.4) is 0 Å². The third-order valence-electron chi connectivity index (χ3n) is 5.06. The Kier molecular flexibility index (Phi) is 8.61. The topological polar surface area (TPSA) is 102 Å². The molecule has 1 N–H and O–H groups in total. The van der Waals surface area contributed by atoms with Crippen LogP contribution in [0, 0.1) is 32.1 Å². The van der Waals surface area contributed by atoms with Gasteiger partial charge in [0, 0.05) is 44.3 Å². The molecule has 34 heavy (non-hydrogen) atoms. The number of nitrogens with zero attached hydrogens (tertiary/aromatic N) is 4. The molecule has 176 valence electrons. The van der Waals surface area contributed by atoms with Crippen molar-refractivity contribution < 1.29 is 14.3 Å². The molecule has 3 aromatic rings. The zero-order valence-corrected chi connectivity index (χ0v) is 22.3. The number of hydrazone groups is 1. The second kappa shape index (κ2) is 11.4. The van der Waals surface area contributed by atoms with E-state index in [-0.39, 0.29) is 24.7 Å². The highest BCUT2D eigenvalue weighted by Gasteiger charge is 2.18. The van der Waals surface area contributed by atoms with Gasteiger partial charge in [-0.3, -0.25) is 4.79 Å². The highest BCUT2D eigenvalue weighted by Crippen LogP contribution is 2.30. The van der Waals surface area contributed by atoms with Gasteiger partial charge in [0.05, 0.1) is 18.5 Å². The van der Waals surface area contributed by atoms with Crippen molar-refractivity contribution in [1.29, 1.82) is 5.26 Å². The predicted octanol–water partition coefficient (Wildman–Crippen LogP) is 4.87. The third-order valence-corrected chi connectivity index (χ3v) is 6.64. The molecule has 0 saturated carbocycles. The van der Waals surface area contributed by atoms with E-state index < -0.39 is 5.91 Å². The molecule has 0 radical (unpaired) electrons. The number of aromatic nitrogens is 2. The molecule has 0 bridgehead atoms. The van der Waals surface area contributed by atoms with E-state index in [2.05, 4.69) is 58.0 Å². The van der Waals surface area contributed by atoms with Gasteiger partial charge in [0.2, 0.25) is 5.88 Å². The average molecular weight is 589 g/mol. The van der Waals surface area contributed by atoms with Gasteiger partial charge >= 0.3 is 0 Å². The third kappa shape index (κ3) is 5.73. The van der Waals surface area contributed by atoms with Crippen LogP contribution in [0.4, 0.5) is 0 Å². The van der Waals surface area contributed by atoms with E-state index >= 15 is 0 Å². The number of rotatable bonds is 8. The quantitative estimate of drug-likeness (QED) is 0.299. The molecule has 10 heteroatoms. The second-order valence-electron chi connectivity index (χ2n) is 7.43. The smallest absolute Gasteiger partial charge is 0.278 e. The van der Waals surface area contributed by atoms with Gasteiger partial charge in [-0.15, -0.1) is 0 Å². The highest BCUT2D eigenvalue weighted by atomic mass is 79.9. The van der Waals surface area contributed by atoms with E-state index in [1.807, 2.05) is 44.2 Å². The molecule has 8 nitrogen and oxygen atoms in total. The van der Waals surface area contributed by atoms with Gasteiger partial charge in [-0.1, -0.05) is 15.9 Å². The summed E-state index contributed by atoms with van der Waals surface area (Å²) in [5.74, 6) is -0.398. The molecule has 0 aliphatic rings. The summed E-state index contributed by atoms with van der Waals surface area (Å²) in [4.78, 5) is 16.5. The number of amides is 1. The zero-order chi connectivity index (χ0) is 24.8. The Bertz CT molecular complexity index is 1280. The number of ether oxygens (including phenoxy) is 2. The fourth-order valence-electron chi connectivity index (χ4n) is 3.46. The Hall–Kier alpha value is -3.00. The molecule has 1 aromatic carbocycles. The first-order valence-corrected chi connectivity index (χ1v) is 11.8. The Morgan fingerprint density at radius 1 is 1.26 bits per heavy atom. The van der Waals surface area contributed by atoms with Gasteiger partial charge in [-0.2, -0.15) is 10.4 Å². The van der Waals surface area contributed by atoms with Crippen molar-refractivity contribution in [3.63, 3.8) is 0 Å². The van der Waals surface area contributed by atoms with Gasteiger partial charge in [-0.05, 0) is 67.0 Å².